The molecule has 24 heavy (non-hydrogen) atoms. The highest BCUT2D eigenvalue weighted by Gasteiger charge is 2.17. The zero-order valence-corrected chi connectivity index (χ0v) is 12.9. The van der Waals surface area contributed by atoms with Gasteiger partial charge in [-0.05, 0) is 36.4 Å². The van der Waals surface area contributed by atoms with Gasteiger partial charge < -0.3 is 14.8 Å². The van der Waals surface area contributed by atoms with E-state index >= 15 is 0 Å². The number of carbonyl (C=O) groups excluding carboxylic acids is 2. The van der Waals surface area contributed by atoms with Gasteiger partial charge in [0.2, 0.25) is 0 Å². The van der Waals surface area contributed by atoms with Crippen LogP contribution >= 0.6 is 11.6 Å². The first-order valence-electron chi connectivity index (χ1n) is 6.72. The Morgan fingerprint density at radius 3 is 2.42 bits per heavy atom. The second-order valence-corrected chi connectivity index (χ2v) is 4.94. The van der Waals surface area contributed by atoms with Crippen molar-refractivity contribution in [2.24, 2.45) is 0 Å². The highest BCUT2D eigenvalue weighted by molar-refractivity contribution is 6.30. The fraction of sp³-hybridized carbons (Fsp3) is 0.125. The number of rotatable bonds is 6. The summed E-state index contributed by atoms with van der Waals surface area (Å²) >= 11 is 5.72. The van der Waals surface area contributed by atoms with Crippen molar-refractivity contribution >= 4 is 29.2 Å². The van der Waals surface area contributed by atoms with E-state index < -0.39 is 25.1 Å². The number of para-hydroxylation sites is 1. The molecule has 0 radical (unpaired) electrons. The largest absolute Gasteiger partial charge is 0.452 e. The van der Waals surface area contributed by atoms with Gasteiger partial charge in [-0.1, -0.05) is 23.7 Å². The van der Waals surface area contributed by atoms with Crippen LogP contribution in [0.5, 0.6) is 5.75 Å². The van der Waals surface area contributed by atoms with Gasteiger partial charge in [-0.2, -0.15) is 8.78 Å². The molecular weight excluding hydrogens is 344 g/mol. The van der Waals surface area contributed by atoms with E-state index in [0.717, 1.165) is 0 Å². The number of alkyl halides is 2. The van der Waals surface area contributed by atoms with Crippen molar-refractivity contribution in [3.05, 3.63) is 59.1 Å². The van der Waals surface area contributed by atoms with Crippen molar-refractivity contribution in [2.45, 2.75) is 6.61 Å². The molecule has 1 amide bonds. The molecule has 1 N–H and O–H groups in total. The lowest BCUT2D eigenvalue weighted by atomic mass is 10.2. The monoisotopic (exact) mass is 355 g/mol. The first-order chi connectivity index (χ1) is 11.5. The molecule has 0 aliphatic carbocycles. The van der Waals surface area contributed by atoms with Crippen molar-refractivity contribution < 1.29 is 27.8 Å². The van der Waals surface area contributed by atoms with Crippen molar-refractivity contribution in [1.82, 2.24) is 0 Å². The van der Waals surface area contributed by atoms with Crippen LogP contribution in [0.2, 0.25) is 5.02 Å². The Labute approximate surface area is 141 Å². The fourth-order valence-electron chi connectivity index (χ4n) is 1.77. The molecule has 0 fully saturated rings. The first kappa shape index (κ1) is 17.7. The summed E-state index contributed by atoms with van der Waals surface area (Å²) in [4.78, 5) is 23.6. The van der Waals surface area contributed by atoms with Crippen LogP contribution < -0.4 is 10.1 Å². The van der Waals surface area contributed by atoms with Crippen LogP contribution in [-0.4, -0.2) is 25.1 Å². The number of halogens is 3. The number of amides is 1. The summed E-state index contributed by atoms with van der Waals surface area (Å²) in [5.41, 5.74) is 0.277. The topological polar surface area (TPSA) is 64.6 Å². The van der Waals surface area contributed by atoms with Gasteiger partial charge in [0.15, 0.2) is 6.61 Å². The van der Waals surface area contributed by atoms with Gasteiger partial charge >= 0.3 is 12.6 Å². The zero-order valence-electron chi connectivity index (χ0n) is 12.2. The second kappa shape index (κ2) is 8.26. The van der Waals surface area contributed by atoms with Crippen LogP contribution in [0.15, 0.2) is 48.5 Å². The number of carbonyl (C=O) groups is 2. The van der Waals surface area contributed by atoms with Crippen molar-refractivity contribution in [3.63, 3.8) is 0 Å². The summed E-state index contributed by atoms with van der Waals surface area (Å²) < 4.78 is 33.6. The third kappa shape index (κ3) is 5.20. The predicted molar refractivity (Wildman–Crippen MR) is 83.4 cm³/mol. The molecule has 126 valence electrons. The Morgan fingerprint density at radius 2 is 1.75 bits per heavy atom. The van der Waals surface area contributed by atoms with Crippen LogP contribution in [0.3, 0.4) is 0 Å². The standard InChI is InChI=1S/C16H12ClF2NO4/c17-10-5-7-11(8-6-10)20-14(21)9-23-15(22)12-3-1-2-4-13(12)24-16(18)19/h1-8,16H,9H2,(H,20,21). The lowest BCUT2D eigenvalue weighted by Crippen LogP contribution is -2.21. The minimum atomic E-state index is -3.08. The maximum atomic E-state index is 12.3. The van der Waals surface area contributed by atoms with Gasteiger partial charge in [0, 0.05) is 10.7 Å². The molecule has 2 aromatic carbocycles. The number of anilines is 1. The molecule has 0 saturated heterocycles. The van der Waals surface area contributed by atoms with Crippen molar-refractivity contribution in [2.75, 3.05) is 11.9 Å². The van der Waals surface area contributed by atoms with Crippen molar-refractivity contribution in [3.8, 4) is 5.75 Å². The molecule has 0 aliphatic rings. The van der Waals surface area contributed by atoms with Gasteiger partial charge in [0.1, 0.15) is 11.3 Å². The Morgan fingerprint density at radius 1 is 1.08 bits per heavy atom. The van der Waals surface area contributed by atoms with Crippen LogP contribution in [0, 0.1) is 0 Å². The van der Waals surface area contributed by atoms with E-state index in [2.05, 4.69) is 10.1 Å². The number of hydrogen-bond acceptors (Lipinski definition) is 4. The third-order valence-electron chi connectivity index (χ3n) is 2.79. The normalized spacial score (nSPS) is 10.3. The second-order valence-electron chi connectivity index (χ2n) is 4.51. The molecular formula is C16H12ClF2NO4. The molecule has 0 spiro atoms. The van der Waals surface area contributed by atoms with E-state index in [1.54, 1.807) is 24.3 Å². The van der Waals surface area contributed by atoms with Gasteiger partial charge in [-0.15, -0.1) is 0 Å². The summed E-state index contributed by atoms with van der Waals surface area (Å²) in [6.07, 6.45) is 0. The maximum Gasteiger partial charge on any atom is 0.387 e. The van der Waals surface area contributed by atoms with Crippen LogP contribution in [0.25, 0.3) is 0 Å². The molecule has 0 aromatic heterocycles. The highest BCUT2D eigenvalue weighted by Crippen LogP contribution is 2.21. The van der Waals surface area contributed by atoms with E-state index in [9.17, 15) is 18.4 Å². The molecule has 0 bridgehead atoms. The van der Waals surface area contributed by atoms with Gasteiger partial charge in [-0.3, -0.25) is 4.79 Å². The maximum absolute atomic E-state index is 12.3. The average Bonchev–Trinajstić information content (AvgIpc) is 2.55. The third-order valence-corrected chi connectivity index (χ3v) is 3.04. The van der Waals surface area contributed by atoms with E-state index in [-0.39, 0.29) is 11.3 Å². The van der Waals surface area contributed by atoms with E-state index in [4.69, 9.17) is 16.3 Å². The molecule has 0 saturated carbocycles. The molecule has 2 rings (SSSR count). The Hall–Kier alpha value is -2.67. The molecule has 0 atom stereocenters. The molecule has 0 aliphatic heterocycles. The molecule has 5 nitrogen and oxygen atoms in total. The lowest BCUT2D eigenvalue weighted by molar-refractivity contribution is -0.119. The number of nitrogens with one attached hydrogen (secondary N) is 1. The number of hydrogen-bond donors (Lipinski definition) is 1. The smallest absolute Gasteiger partial charge is 0.387 e. The van der Waals surface area contributed by atoms with Crippen LogP contribution in [-0.2, 0) is 9.53 Å². The lowest BCUT2D eigenvalue weighted by Gasteiger charge is -2.10. The summed E-state index contributed by atoms with van der Waals surface area (Å²) in [7, 11) is 0. The SMILES string of the molecule is O=C(COC(=O)c1ccccc1OC(F)F)Nc1ccc(Cl)cc1. The zero-order chi connectivity index (χ0) is 17.5. The quantitative estimate of drug-likeness (QED) is 0.802. The van der Waals surface area contributed by atoms with Crippen LogP contribution in [0.1, 0.15) is 10.4 Å². The van der Waals surface area contributed by atoms with Crippen molar-refractivity contribution in [1.29, 1.82) is 0 Å². The highest BCUT2D eigenvalue weighted by atomic mass is 35.5. The van der Waals surface area contributed by atoms with Crippen LogP contribution in [0.4, 0.5) is 14.5 Å². The molecule has 8 heteroatoms. The minimum absolute atomic E-state index is 0.197. The number of esters is 1. The number of ether oxygens (including phenoxy) is 2. The first-order valence-corrected chi connectivity index (χ1v) is 7.10. The predicted octanol–water partition coefficient (Wildman–Crippen LogP) is 3.74. The summed E-state index contributed by atoms with van der Waals surface area (Å²) in [5.74, 6) is -1.86. The van der Waals surface area contributed by atoms with E-state index in [0.29, 0.717) is 10.7 Å². The number of benzene rings is 2. The van der Waals surface area contributed by atoms with Gasteiger partial charge in [-0.25, -0.2) is 4.79 Å². The van der Waals surface area contributed by atoms with Gasteiger partial charge in [0.05, 0.1) is 0 Å². The Kier molecular flexibility index (Phi) is 6.08. The van der Waals surface area contributed by atoms with E-state index in [1.165, 1.54) is 24.3 Å². The van der Waals surface area contributed by atoms with E-state index in [1.807, 2.05) is 0 Å². The summed E-state index contributed by atoms with van der Waals surface area (Å²) in [6.45, 7) is -3.66. The minimum Gasteiger partial charge on any atom is -0.452 e. The Bertz CT molecular complexity index is 722. The van der Waals surface area contributed by atoms with Gasteiger partial charge in [0.25, 0.3) is 5.91 Å². The fourth-order valence-corrected chi connectivity index (χ4v) is 1.90. The summed E-state index contributed by atoms with van der Waals surface area (Å²) in [5, 5.41) is 3.01. The molecule has 0 heterocycles. The molecule has 0 unspecified atom stereocenters. The molecule has 2 aromatic rings. The summed E-state index contributed by atoms with van der Waals surface area (Å²) in [6, 6.07) is 11.7. The Balaban J connectivity index is 1.93. The average molecular weight is 356 g/mol.